The Labute approximate surface area is 137 Å². The van der Waals surface area contributed by atoms with Gasteiger partial charge in [0.1, 0.15) is 23.1 Å². The third kappa shape index (κ3) is 3.33. The maximum Gasteiger partial charge on any atom is 0.275 e. The van der Waals surface area contributed by atoms with Gasteiger partial charge in [0.15, 0.2) is 0 Å². The van der Waals surface area contributed by atoms with Crippen molar-refractivity contribution < 1.29 is 18.7 Å². The number of phenols is 1. The zero-order valence-electron chi connectivity index (χ0n) is 12.4. The van der Waals surface area contributed by atoms with Crippen molar-refractivity contribution in [3.63, 3.8) is 0 Å². The van der Waals surface area contributed by atoms with E-state index in [0.717, 1.165) is 0 Å². The molecular formula is C18H13FN2O3. The van der Waals surface area contributed by atoms with E-state index < -0.39 is 5.91 Å². The molecule has 1 heterocycles. The molecule has 0 bridgehead atoms. The molecule has 2 N–H and O–H groups in total. The first kappa shape index (κ1) is 15.5. The number of nitrogens with one attached hydrogen (secondary N) is 1. The van der Waals surface area contributed by atoms with Gasteiger partial charge in [0.05, 0.1) is 17.3 Å². The third-order valence-electron chi connectivity index (χ3n) is 3.27. The van der Waals surface area contributed by atoms with Crippen LogP contribution in [0.4, 0.5) is 4.39 Å². The van der Waals surface area contributed by atoms with E-state index >= 15 is 0 Å². The largest absolute Gasteiger partial charge is 0.507 e. The van der Waals surface area contributed by atoms with Crippen molar-refractivity contribution in [3.8, 4) is 17.1 Å². The lowest BCUT2D eigenvalue weighted by atomic mass is 10.1. The first-order valence-electron chi connectivity index (χ1n) is 7.11. The topological polar surface area (TPSA) is 74.8 Å². The fourth-order valence-corrected chi connectivity index (χ4v) is 2.11. The van der Waals surface area contributed by atoms with E-state index in [9.17, 15) is 14.3 Å². The van der Waals surface area contributed by atoms with Crippen molar-refractivity contribution in [3.05, 3.63) is 77.8 Å². The second-order valence-corrected chi connectivity index (χ2v) is 4.90. The minimum Gasteiger partial charge on any atom is -0.507 e. The fraction of sp³-hybridized carbons (Fsp3) is 0. The van der Waals surface area contributed by atoms with E-state index in [1.165, 1.54) is 24.4 Å². The summed E-state index contributed by atoms with van der Waals surface area (Å²) in [4.78, 5) is 11.9. The summed E-state index contributed by atoms with van der Waals surface area (Å²) in [6, 6.07) is 15.6. The van der Waals surface area contributed by atoms with Gasteiger partial charge in [-0.25, -0.2) is 9.82 Å². The summed E-state index contributed by atoms with van der Waals surface area (Å²) in [6.07, 6.45) is 1.29. The number of halogens is 1. The minimum absolute atomic E-state index is 0.112. The van der Waals surface area contributed by atoms with Crippen molar-refractivity contribution in [1.82, 2.24) is 5.43 Å². The number of amides is 1. The lowest BCUT2D eigenvalue weighted by Crippen LogP contribution is -2.17. The maximum atomic E-state index is 13.7. The van der Waals surface area contributed by atoms with Gasteiger partial charge in [-0.3, -0.25) is 4.79 Å². The molecule has 3 aromatic rings. The van der Waals surface area contributed by atoms with Gasteiger partial charge in [0.25, 0.3) is 5.91 Å². The van der Waals surface area contributed by atoms with E-state index in [2.05, 4.69) is 10.5 Å². The van der Waals surface area contributed by atoms with E-state index in [4.69, 9.17) is 4.42 Å². The molecule has 0 unspecified atom stereocenters. The monoisotopic (exact) mass is 324 g/mol. The molecule has 0 saturated carbocycles. The Balaban J connectivity index is 1.69. The smallest absolute Gasteiger partial charge is 0.275 e. The summed E-state index contributed by atoms with van der Waals surface area (Å²) in [5, 5.41) is 13.4. The van der Waals surface area contributed by atoms with Gasteiger partial charge in [-0.1, -0.05) is 24.3 Å². The number of aromatic hydroxyl groups is 1. The van der Waals surface area contributed by atoms with Gasteiger partial charge in [-0.05, 0) is 36.4 Å². The van der Waals surface area contributed by atoms with Gasteiger partial charge >= 0.3 is 0 Å². The highest BCUT2D eigenvalue weighted by molar-refractivity contribution is 5.97. The number of nitrogens with zero attached hydrogens (tertiary/aromatic N) is 1. The summed E-state index contributed by atoms with van der Waals surface area (Å²) >= 11 is 0. The lowest BCUT2D eigenvalue weighted by Gasteiger charge is -2.01. The van der Waals surface area contributed by atoms with Crippen molar-refractivity contribution in [2.75, 3.05) is 0 Å². The summed E-state index contributed by atoms with van der Waals surface area (Å²) < 4.78 is 19.2. The van der Waals surface area contributed by atoms with Gasteiger partial charge in [-0.2, -0.15) is 5.10 Å². The predicted molar refractivity (Wildman–Crippen MR) is 87.3 cm³/mol. The molecule has 24 heavy (non-hydrogen) atoms. The van der Waals surface area contributed by atoms with Gasteiger partial charge < -0.3 is 9.52 Å². The Morgan fingerprint density at radius 3 is 2.62 bits per heavy atom. The van der Waals surface area contributed by atoms with E-state index in [1.54, 1.807) is 42.5 Å². The van der Waals surface area contributed by atoms with Crippen LogP contribution in [0.3, 0.4) is 0 Å². The molecule has 6 heteroatoms. The number of para-hydroxylation sites is 1. The summed E-state index contributed by atoms with van der Waals surface area (Å²) in [6.45, 7) is 0. The second kappa shape index (κ2) is 6.78. The Morgan fingerprint density at radius 2 is 1.83 bits per heavy atom. The van der Waals surface area contributed by atoms with Crippen LogP contribution in [-0.4, -0.2) is 17.2 Å². The van der Waals surface area contributed by atoms with Crippen LogP contribution in [0.25, 0.3) is 11.3 Å². The van der Waals surface area contributed by atoms with Crippen LogP contribution in [0.15, 0.2) is 70.2 Å². The van der Waals surface area contributed by atoms with Gasteiger partial charge in [0.2, 0.25) is 0 Å². The minimum atomic E-state index is -0.551. The highest BCUT2D eigenvalue weighted by Gasteiger charge is 2.10. The number of hydrogen-bond donors (Lipinski definition) is 2. The number of carbonyl (C=O) groups excluding carboxylic acids is 1. The average Bonchev–Trinajstić information content (AvgIpc) is 3.04. The summed E-state index contributed by atoms with van der Waals surface area (Å²) in [5.74, 6) is -0.356. The average molecular weight is 324 g/mol. The van der Waals surface area contributed by atoms with Gasteiger partial charge in [0, 0.05) is 0 Å². The molecule has 0 atom stereocenters. The number of phenolic OH excluding ortho intramolecular Hbond substituents is 1. The highest BCUT2D eigenvalue weighted by atomic mass is 19.1. The first-order valence-corrected chi connectivity index (χ1v) is 7.11. The zero-order valence-corrected chi connectivity index (χ0v) is 12.4. The standard InChI is InChI=1S/C18H13FN2O3/c19-15-7-3-1-5-13(15)17-10-9-12(24-17)11-20-21-18(23)14-6-2-4-8-16(14)22/h1-11,22H,(H,21,23)/b20-11-. The van der Waals surface area contributed by atoms with Crippen LogP contribution >= 0.6 is 0 Å². The number of benzene rings is 2. The molecule has 2 aromatic carbocycles. The second-order valence-electron chi connectivity index (χ2n) is 4.90. The quantitative estimate of drug-likeness (QED) is 0.569. The Kier molecular flexibility index (Phi) is 4.38. The van der Waals surface area contributed by atoms with Crippen LogP contribution in [0.2, 0.25) is 0 Å². The molecule has 3 rings (SSSR count). The predicted octanol–water partition coefficient (Wildman–Crippen LogP) is 3.56. The number of rotatable bonds is 4. The molecule has 5 nitrogen and oxygen atoms in total. The van der Waals surface area contributed by atoms with Crippen LogP contribution in [0.5, 0.6) is 5.75 Å². The summed E-state index contributed by atoms with van der Waals surface area (Å²) in [7, 11) is 0. The molecule has 0 fully saturated rings. The number of hydrogen-bond acceptors (Lipinski definition) is 4. The molecule has 120 valence electrons. The van der Waals surface area contributed by atoms with E-state index in [1.807, 2.05) is 0 Å². The van der Waals surface area contributed by atoms with Crippen LogP contribution in [0, 0.1) is 5.82 Å². The molecule has 1 amide bonds. The van der Waals surface area contributed by atoms with E-state index in [-0.39, 0.29) is 17.1 Å². The number of furan rings is 1. The Hall–Kier alpha value is -3.41. The van der Waals surface area contributed by atoms with Crippen molar-refractivity contribution in [2.24, 2.45) is 5.10 Å². The Morgan fingerprint density at radius 1 is 1.08 bits per heavy atom. The van der Waals surface area contributed by atoms with Crippen molar-refractivity contribution >= 4 is 12.1 Å². The molecule has 1 aromatic heterocycles. The zero-order chi connectivity index (χ0) is 16.9. The molecule has 0 radical (unpaired) electrons. The Bertz CT molecular complexity index is 903. The van der Waals surface area contributed by atoms with Crippen molar-refractivity contribution in [1.29, 1.82) is 0 Å². The van der Waals surface area contributed by atoms with Gasteiger partial charge in [-0.15, -0.1) is 0 Å². The molecule has 0 saturated heterocycles. The molecule has 0 spiro atoms. The number of carbonyl (C=O) groups is 1. The third-order valence-corrected chi connectivity index (χ3v) is 3.27. The summed E-state index contributed by atoms with van der Waals surface area (Å²) in [5.41, 5.74) is 2.74. The van der Waals surface area contributed by atoms with Crippen molar-refractivity contribution in [2.45, 2.75) is 0 Å². The first-order chi connectivity index (χ1) is 11.6. The molecular weight excluding hydrogens is 311 g/mol. The highest BCUT2D eigenvalue weighted by Crippen LogP contribution is 2.24. The normalized spacial score (nSPS) is 10.9. The number of hydrazone groups is 1. The lowest BCUT2D eigenvalue weighted by molar-refractivity contribution is 0.0952. The molecule has 0 aliphatic heterocycles. The van der Waals surface area contributed by atoms with Crippen LogP contribution < -0.4 is 5.43 Å². The van der Waals surface area contributed by atoms with Crippen LogP contribution in [-0.2, 0) is 0 Å². The molecule has 0 aliphatic rings. The van der Waals surface area contributed by atoms with E-state index in [0.29, 0.717) is 17.1 Å². The SMILES string of the molecule is O=C(N/N=C\c1ccc(-c2ccccc2F)o1)c1ccccc1O. The van der Waals surface area contributed by atoms with Crippen LogP contribution in [0.1, 0.15) is 16.1 Å². The molecule has 0 aliphatic carbocycles. The maximum absolute atomic E-state index is 13.7. The fourth-order valence-electron chi connectivity index (χ4n) is 2.11.